The smallest absolute Gasteiger partial charge is 0.170 e. The lowest BCUT2D eigenvalue weighted by molar-refractivity contribution is 0.662. The molecular formula is C11H14IN5. The molecule has 0 bridgehead atoms. The van der Waals surface area contributed by atoms with Crippen LogP contribution in [0.2, 0.25) is 0 Å². The highest BCUT2D eigenvalue weighted by Crippen LogP contribution is 2.17. The first-order valence-electron chi connectivity index (χ1n) is 5.47. The van der Waals surface area contributed by atoms with Crippen LogP contribution < -0.4 is 5.32 Å². The van der Waals surface area contributed by atoms with Crippen molar-refractivity contribution in [2.75, 3.05) is 6.54 Å². The molecule has 1 heterocycles. The summed E-state index contributed by atoms with van der Waals surface area (Å²) in [4.78, 5) is 0. The third-order valence-electron chi connectivity index (χ3n) is 2.47. The van der Waals surface area contributed by atoms with Crippen molar-refractivity contribution in [2.24, 2.45) is 0 Å². The van der Waals surface area contributed by atoms with E-state index < -0.39 is 0 Å². The summed E-state index contributed by atoms with van der Waals surface area (Å²) in [6.45, 7) is 5.70. The normalized spacial score (nSPS) is 10.8. The summed E-state index contributed by atoms with van der Waals surface area (Å²) in [5, 5.41) is 15.1. The molecule has 0 amide bonds. The molecule has 0 saturated heterocycles. The van der Waals surface area contributed by atoms with Gasteiger partial charge in [-0.15, -0.1) is 5.10 Å². The molecule has 90 valence electrons. The minimum atomic E-state index is 0.675. The Labute approximate surface area is 114 Å². The van der Waals surface area contributed by atoms with E-state index in [0.29, 0.717) is 6.54 Å². The number of rotatable bonds is 4. The summed E-state index contributed by atoms with van der Waals surface area (Å²) >= 11 is 2.29. The number of nitrogens with zero attached hydrogens (tertiary/aromatic N) is 4. The molecule has 5 nitrogen and oxygen atoms in total. The van der Waals surface area contributed by atoms with E-state index in [-0.39, 0.29) is 0 Å². The van der Waals surface area contributed by atoms with Gasteiger partial charge in [0.1, 0.15) is 0 Å². The van der Waals surface area contributed by atoms with Crippen molar-refractivity contribution in [3.63, 3.8) is 0 Å². The van der Waals surface area contributed by atoms with E-state index >= 15 is 0 Å². The second kappa shape index (κ2) is 5.54. The quantitative estimate of drug-likeness (QED) is 0.859. The van der Waals surface area contributed by atoms with Gasteiger partial charge in [0.15, 0.2) is 5.82 Å². The van der Waals surface area contributed by atoms with E-state index in [0.717, 1.165) is 23.6 Å². The molecule has 6 heteroatoms. The molecule has 17 heavy (non-hydrogen) atoms. The van der Waals surface area contributed by atoms with E-state index in [1.165, 1.54) is 3.57 Å². The highest BCUT2D eigenvalue weighted by Gasteiger charge is 2.10. The third-order valence-corrected chi connectivity index (χ3v) is 3.14. The van der Waals surface area contributed by atoms with Crippen LogP contribution in [0.3, 0.4) is 0 Å². The van der Waals surface area contributed by atoms with Crippen LogP contribution in [-0.4, -0.2) is 26.8 Å². The first-order valence-corrected chi connectivity index (χ1v) is 6.54. The molecule has 2 rings (SSSR count). The molecule has 1 aromatic carbocycles. The Balaban J connectivity index is 2.38. The highest BCUT2D eigenvalue weighted by molar-refractivity contribution is 14.1. The van der Waals surface area contributed by atoms with Crippen molar-refractivity contribution in [3.05, 3.63) is 33.2 Å². The molecule has 1 aromatic heterocycles. The summed E-state index contributed by atoms with van der Waals surface area (Å²) in [5.41, 5.74) is 2.20. The predicted octanol–water partition coefficient (Wildman–Crippen LogP) is 1.68. The fourth-order valence-electron chi connectivity index (χ4n) is 1.55. The Kier molecular flexibility index (Phi) is 4.06. The molecule has 0 spiro atoms. The van der Waals surface area contributed by atoms with Crippen LogP contribution in [0, 0.1) is 10.5 Å². The lowest BCUT2D eigenvalue weighted by atomic mass is 10.2. The van der Waals surface area contributed by atoms with Crippen LogP contribution in [0.25, 0.3) is 5.69 Å². The minimum absolute atomic E-state index is 0.675. The molecule has 0 fully saturated rings. The minimum Gasteiger partial charge on any atom is -0.310 e. The number of benzene rings is 1. The van der Waals surface area contributed by atoms with Gasteiger partial charge in [0.25, 0.3) is 0 Å². The van der Waals surface area contributed by atoms with E-state index in [2.05, 4.69) is 75.5 Å². The zero-order chi connectivity index (χ0) is 12.3. The number of tetrazole rings is 1. The van der Waals surface area contributed by atoms with Crippen LogP contribution in [0.4, 0.5) is 0 Å². The lowest BCUT2D eigenvalue weighted by Crippen LogP contribution is -2.16. The molecule has 0 unspecified atom stereocenters. The molecule has 0 aliphatic carbocycles. The molecule has 2 aromatic rings. The Morgan fingerprint density at radius 1 is 1.41 bits per heavy atom. The van der Waals surface area contributed by atoms with Crippen molar-refractivity contribution in [3.8, 4) is 5.69 Å². The Hall–Kier alpha value is -1.02. The molecule has 0 radical (unpaired) electrons. The molecule has 0 atom stereocenters. The number of aryl methyl sites for hydroxylation is 1. The Bertz CT molecular complexity index is 508. The van der Waals surface area contributed by atoms with Crippen molar-refractivity contribution < 1.29 is 0 Å². The Morgan fingerprint density at radius 3 is 3.00 bits per heavy atom. The number of hydrogen-bond donors (Lipinski definition) is 1. The van der Waals surface area contributed by atoms with Crippen molar-refractivity contribution >= 4 is 22.6 Å². The fourth-order valence-corrected chi connectivity index (χ4v) is 2.03. The predicted molar refractivity (Wildman–Crippen MR) is 74.0 cm³/mol. The summed E-state index contributed by atoms with van der Waals surface area (Å²) in [6.07, 6.45) is 0. The third kappa shape index (κ3) is 2.81. The average molecular weight is 343 g/mol. The van der Waals surface area contributed by atoms with Gasteiger partial charge in [-0.3, -0.25) is 0 Å². The maximum Gasteiger partial charge on any atom is 0.170 e. The second-order valence-corrected chi connectivity index (χ2v) is 4.96. The molecule has 1 N–H and O–H groups in total. The van der Waals surface area contributed by atoms with Crippen LogP contribution >= 0.6 is 22.6 Å². The highest BCUT2D eigenvalue weighted by atomic mass is 127. The monoisotopic (exact) mass is 343 g/mol. The van der Waals surface area contributed by atoms with Crippen LogP contribution in [0.5, 0.6) is 0 Å². The average Bonchev–Trinajstić information content (AvgIpc) is 2.77. The standard InChI is InChI=1S/C11H14IN5/c1-3-13-7-11-14-15-16-17(11)10-6-9(12)5-4-8(10)2/h4-6,13H,3,7H2,1-2H3. The van der Waals surface area contributed by atoms with E-state index in [1.54, 1.807) is 4.68 Å². The zero-order valence-electron chi connectivity index (χ0n) is 9.81. The number of nitrogens with one attached hydrogen (secondary N) is 1. The van der Waals surface area contributed by atoms with Gasteiger partial charge >= 0.3 is 0 Å². The van der Waals surface area contributed by atoms with Gasteiger partial charge in [0, 0.05) is 3.57 Å². The van der Waals surface area contributed by atoms with Gasteiger partial charge < -0.3 is 5.32 Å². The summed E-state index contributed by atoms with van der Waals surface area (Å²) in [5.74, 6) is 0.831. The van der Waals surface area contributed by atoms with Crippen LogP contribution in [0.15, 0.2) is 18.2 Å². The van der Waals surface area contributed by atoms with Gasteiger partial charge in [-0.1, -0.05) is 13.0 Å². The maximum atomic E-state index is 4.05. The van der Waals surface area contributed by atoms with E-state index in [9.17, 15) is 0 Å². The number of halogens is 1. The van der Waals surface area contributed by atoms with Gasteiger partial charge in [0.2, 0.25) is 0 Å². The summed E-state index contributed by atoms with van der Waals surface area (Å²) < 4.78 is 2.97. The topological polar surface area (TPSA) is 55.6 Å². The van der Waals surface area contributed by atoms with Crippen LogP contribution in [-0.2, 0) is 6.54 Å². The zero-order valence-corrected chi connectivity index (χ0v) is 12.0. The first kappa shape index (κ1) is 12.4. The van der Waals surface area contributed by atoms with Gasteiger partial charge in [-0.05, 0) is 64.2 Å². The number of hydrogen-bond acceptors (Lipinski definition) is 4. The Morgan fingerprint density at radius 2 is 2.24 bits per heavy atom. The molecule has 0 aliphatic heterocycles. The fraction of sp³-hybridized carbons (Fsp3) is 0.364. The van der Waals surface area contributed by atoms with Gasteiger partial charge in [-0.2, -0.15) is 4.68 Å². The lowest BCUT2D eigenvalue weighted by Gasteiger charge is -2.08. The summed E-state index contributed by atoms with van der Waals surface area (Å²) in [6, 6.07) is 6.24. The molecule has 0 saturated carbocycles. The van der Waals surface area contributed by atoms with E-state index in [1.807, 2.05) is 0 Å². The van der Waals surface area contributed by atoms with Crippen molar-refractivity contribution in [2.45, 2.75) is 20.4 Å². The van der Waals surface area contributed by atoms with Crippen LogP contribution in [0.1, 0.15) is 18.3 Å². The summed E-state index contributed by atoms with van der Waals surface area (Å²) in [7, 11) is 0. The molecule has 0 aliphatic rings. The number of aromatic nitrogens is 4. The van der Waals surface area contributed by atoms with Crippen molar-refractivity contribution in [1.29, 1.82) is 0 Å². The van der Waals surface area contributed by atoms with Gasteiger partial charge in [0.05, 0.1) is 12.2 Å². The second-order valence-electron chi connectivity index (χ2n) is 3.72. The molecular weight excluding hydrogens is 329 g/mol. The maximum absolute atomic E-state index is 4.05. The van der Waals surface area contributed by atoms with Crippen molar-refractivity contribution in [1.82, 2.24) is 25.5 Å². The van der Waals surface area contributed by atoms with Gasteiger partial charge in [-0.25, -0.2) is 0 Å². The van der Waals surface area contributed by atoms with E-state index in [4.69, 9.17) is 0 Å². The SMILES string of the molecule is CCNCc1nnnn1-c1cc(I)ccc1C. The largest absolute Gasteiger partial charge is 0.310 e. The first-order chi connectivity index (χ1) is 8.22.